The Bertz CT molecular complexity index is 349. The Hall–Kier alpha value is -1.32. The molecule has 21 heavy (non-hydrogen) atoms. The van der Waals surface area contributed by atoms with E-state index in [0.29, 0.717) is 13.0 Å². The van der Waals surface area contributed by atoms with Crippen LogP contribution in [-0.4, -0.2) is 24.6 Å². The first-order valence-electron chi connectivity index (χ1n) is 8.21. The molecule has 0 spiro atoms. The molecule has 4 nitrogen and oxygen atoms in total. The van der Waals surface area contributed by atoms with Gasteiger partial charge < -0.3 is 9.47 Å². The molecular formula is C17H28O4. The molecule has 0 aliphatic carbocycles. The van der Waals surface area contributed by atoms with Crippen molar-refractivity contribution < 1.29 is 19.1 Å². The quantitative estimate of drug-likeness (QED) is 0.350. The predicted octanol–water partition coefficient (Wildman–Crippen LogP) is 3.79. The summed E-state index contributed by atoms with van der Waals surface area (Å²) < 4.78 is 10.1. The number of unbranched alkanes of at least 4 members (excludes halogenated alkanes) is 2. The van der Waals surface area contributed by atoms with Crippen LogP contribution in [0.2, 0.25) is 0 Å². The molecule has 2 unspecified atom stereocenters. The van der Waals surface area contributed by atoms with E-state index in [0.717, 1.165) is 38.5 Å². The van der Waals surface area contributed by atoms with Gasteiger partial charge in [-0.3, -0.25) is 4.79 Å². The average molecular weight is 296 g/mol. The zero-order valence-electron chi connectivity index (χ0n) is 13.3. The highest BCUT2D eigenvalue weighted by atomic mass is 16.6. The lowest BCUT2D eigenvalue weighted by molar-refractivity contribution is -0.163. The van der Waals surface area contributed by atoms with Crippen molar-refractivity contribution in [3.63, 3.8) is 0 Å². The van der Waals surface area contributed by atoms with E-state index >= 15 is 0 Å². The van der Waals surface area contributed by atoms with E-state index in [1.807, 2.05) is 0 Å². The van der Waals surface area contributed by atoms with E-state index in [1.54, 1.807) is 0 Å². The fourth-order valence-corrected chi connectivity index (χ4v) is 2.43. The van der Waals surface area contributed by atoms with Crippen molar-refractivity contribution >= 4 is 11.9 Å². The summed E-state index contributed by atoms with van der Waals surface area (Å²) in [6, 6.07) is 0. The Morgan fingerprint density at radius 3 is 2.67 bits per heavy atom. The summed E-state index contributed by atoms with van der Waals surface area (Å²) in [5.74, 6) is -0.734. The second kappa shape index (κ2) is 10.4. The maximum atomic E-state index is 12.2. The summed E-state index contributed by atoms with van der Waals surface area (Å²) in [5.41, 5.74) is 0. The molecule has 1 aliphatic heterocycles. The molecule has 0 saturated carbocycles. The lowest BCUT2D eigenvalue weighted by Crippen LogP contribution is -2.27. The van der Waals surface area contributed by atoms with Gasteiger partial charge >= 0.3 is 11.9 Å². The molecule has 0 aromatic carbocycles. The van der Waals surface area contributed by atoms with Gasteiger partial charge in [0.2, 0.25) is 6.10 Å². The first-order chi connectivity index (χ1) is 10.2. The second-order valence-electron chi connectivity index (χ2n) is 5.56. The molecule has 1 fully saturated rings. The summed E-state index contributed by atoms with van der Waals surface area (Å²) in [4.78, 5) is 23.5. The van der Waals surface area contributed by atoms with Gasteiger partial charge in [-0.1, -0.05) is 38.8 Å². The fourth-order valence-electron chi connectivity index (χ4n) is 2.43. The van der Waals surface area contributed by atoms with E-state index in [-0.39, 0.29) is 11.9 Å². The smallest absolute Gasteiger partial charge is 0.347 e. The van der Waals surface area contributed by atoms with Crippen molar-refractivity contribution in [1.29, 1.82) is 0 Å². The van der Waals surface area contributed by atoms with Crippen molar-refractivity contribution in [3.8, 4) is 0 Å². The lowest BCUT2D eigenvalue weighted by Gasteiger charge is -2.16. The number of esters is 2. The molecule has 2 atom stereocenters. The monoisotopic (exact) mass is 296 g/mol. The standard InChI is InChI=1S/C17H28O4/c1-3-5-6-7-8-9-11-14(10-4-2)16(18)21-15-12-13-20-17(15)19/h6-7,14-15H,3-5,8-13H2,1-2H3. The van der Waals surface area contributed by atoms with Gasteiger partial charge in [-0.15, -0.1) is 0 Å². The van der Waals surface area contributed by atoms with Crippen LogP contribution < -0.4 is 0 Å². The Morgan fingerprint density at radius 2 is 2.05 bits per heavy atom. The van der Waals surface area contributed by atoms with Crippen LogP contribution in [0.1, 0.15) is 65.2 Å². The summed E-state index contributed by atoms with van der Waals surface area (Å²) >= 11 is 0. The third-order valence-corrected chi connectivity index (χ3v) is 3.66. The normalized spacial score (nSPS) is 19.7. The molecule has 0 amide bonds. The number of carbonyl (C=O) groups excluding carboxylic acids is 2. The van der Waals surface area contributed by atoms with Gasteiger partial charge in [0.25, 0.3) is 0 Å². The molecule has 0 radical (unpaired) electrons. The minimum Gasteiger partial charge on any atom is -0.463 e. The minimum atomic E-state index is -0.679. The predicted molar refractivity (Wildman–Crippen MR) is 81.8 cm³/mol. The first kappa shape index (κ1) is 17.7. The topological polar surface area (TPSA) is 52.6 Å². The van der Waals surface area contributed by atoms with Crippen LogP contribution in [0.5, 0.6) is 0 Å². The average Bonchev–Trinajstić information content (AvgIpc) is 2.86. The zero-order chi connectivity index (χ0) is 15.5. The number of hydrogen-bond donors (Lipinski definition) is 0. The van der Waals surface area contributed by atoms with E-state index < -0.39 is 12.1 Å². The van der Waals surface area contributed by atoms with Crippen LogP contribution in [0.4, 0.5) is 0 Å². The van der Waals surface area contributed by atoms with Crippen LogP contribution in [0, 0.1) is 5.92 Å². The third kappa shape index (κ3) is 6.78. The van der Waals surface area contributed by atoms with Crippen LogP contribution in [0.25, 0.3) is 0 Å². The molecule has 120 valence electrons. The molecule has 1 saturated heterocycles. The van der Waals surface area contributed by atoms with E-state index in [9.17, 15) is 9.59 Å². The van der Waals surface area contributed by atoms with Gasteiger partial charge in [-0.05, 0) is 32.1 Å². The fraction of sp³-hybridized carbons (Fsp3) is 0.765. The summed E-state index contributed by atoms with van der Waals surface area (Å²) in [6.45, 7) is 4.58. The Balaban J connectivity index is 2.33. The highest BCUT2D eigenvalue weighted by molar-refractivity contribution is 5.81. The first-order valence-corrected chi connectivity index (χ1v) is 8.21. The van der Waals surface area contributed by atoms with Gasteiger partial charge in [0, 0.05) is 6.42 Å². The molecule has 0 aromatic heterocycles. The third-order valence-electron chi connectivity index (χ3n) is 3.66. The van der Waals surface area contributed by atoms with E-state index in [1.165, 1.54) is 6.42 Å². The largest absolute Gasteiger partial charge is 0.463 e. The highest BCUT2D eigenvalue weighted by Crippen LogP contribution is 2.20. The number of hydrogen-bond acceptors (Lipinski definition) is 4. The van der Waals surface area contributed by atoms with Crippen molar-refractivity contribution in [2.24, 2.45) is 5.92 Å². The Morgan fingerprint density at radius 1 is 1.29 bits per heavy atom. The van der Waals surface area contributed by atoms with Crippen molar-refractivity contribution in [3.05, 3.63) is 12.2 Å². The molecule has 0 N–H and O–H groups in total. The summed E-state index contributed by atoms with van der Waals surface area (Å²) in [5, 5.41) is 0. The Labute approximate surface area is 127 Å². The van der Waals surface area contributed by atoms with Crippen molar-refractivity contribution in [1.82, 2.24) is 0 Å². The second-order valence-corrected chi connectivity index (χ2v) is 5.56. The zero-order valence-corrected chi connectivity index (χ0v) is 13.3. The molecule has 0 aromatic rings. The van der Waals surface area contributed by atoms with Gasteiger partial charge in [0.1, 0.15) is 0 Å². The number of rotatable bonds is 10. The highest BCUT2D eigenvalue weighted by Gasteiger charge is 2.32. The van der Waals surface area contributed by atoms with Gasteiger partial charge in [0.05, 0.1) is 12.5 Å². The number of allylic oxidation sites excluding steroid dienone is 2. The molecule has 4 heteroatoms. The van der Waals surface area contributed by atoms with Gasteiger partial charge in [-0.2, -0.15) is 0 Å². The molecule has 1 aliphatic rings. The van der Waals surface area contributed by atoms with Gasteiger partial charge in [-0.25, -0.2) is 4.79 Å². The maximum absolute atomic E-state index is 12.2. The maximum Gasteiger partial charge on any atom is 0.347 e. The molecule has 1 heterocycles. The van der Waals surface area contributed by atoms with Crippen LogP contribution in [0.3, 0.4) is 0 Å². The van der Waals surface area contributed by atoms with Crippen LogP contribution in [-0.2, 0) is 19.1 Å². The van der Waals surface area contributed by atoms with Gasteiger partial charge in [0.15, 0.2) is 0 Å². The number of carbonyl (C=O) groups is 2. The molecular weight excluding hydrogens is 268 g/mol. The summed E-state index contributed by atoms with van der Waals surface area (Å²) in [6.07, 6.45) is 11.0. The van der Waals surface area contributed by atoms with Crippen molar-refractivity contribution in [2.75, 3.05) is 6.61 Å². The van der Waals surface area contributed by atoms with Crippen molar-refractivity contribution in [2.45, 2.75) is 71.3 Å². The number of ether oxygens (including phenoxy) is 2. The summed E-state index contributed by atoms with van der Waals surface area (Å²) in [7, 11) is 0. The molecule has 0 bridgehead atoms. The SMILES string of the molecule is CCCC=CCCCC(CCC)C(=O)OC1CCOC1=O. The number of cyclic esters (lactones) is 1. The van der Waals surface area contributed by atoms with Crippen LogP contribution in [0.15, 0.2) is 12.2 Å². The van der Waals surface area contributed by atoms with E-state index in [2.05, 4.69) is 26.0 Å². The lowest BCUT2D eigenvalue weighted by atomic mass is 9.97. The Kier molecular flexibility index (Phi) is 8.79. The van der Waals surface area contributed by atoms with E-state index in [4.69, 9.17) is 9.47 Å². The molecule has 1 rings (SSSR count). The van der Waals surface area contributed by atoms with Crippen LogP contribution >= 0.6 is 0 Å². The minimum absolute atomic E-state index is 0.0945.